The number of hydrogen-bond acceptors (Lipinski definition) is 3. The molecule has 1 atom stereocenters. The second-order valence-corrected chi connectivity index (χ2v) is 6.18. The third-order valence-electron chi connectivity index (χ3n) is 3.73. The number of urea groups is 1. The molecule has 1 aromatic rings. The van der Waals surface area contributed by atoms with Crippen molar-refractivity contribution in [3.8, 4) is 5.75 Å². The van der Waals surface area contributed by atoms with Gasteiger partial charge in [-0.2, -0.15) is 0 Å². The molecular weight excluding hydrogens is 304 g/mol. The van der Waals surface area contributed by atoms with E-state index in [4.69, 9.17) is 16.3 Å². The van der Waals surface area contributed by atoms with Gasteiger partial charge in [-0.3, -0.25) is 0 Å². The largest absolute Gasteiger partial charge is 0.489 e. The van der Waals surface area contributed by atoms with E-state index in [0.29, 0.717) is 11.6 Å². The first-order valence-electron chi connectivity index (χ1n) is 7.67. The number of rotatable bonds is 5. The van der Waals surface area contributed by atoms with Crippen LogP contribution in [0.2, 0.25) is 5.02 Å². The molecule has 1 fully saturated rings. The molecule has 1 aromatic carbocycles. The summed E-state index contributed by atoms with van der Waals surface area (Å²) in [5.74, 6) is 0.723. The van der Waals surface area contributed by atoms with Gasteiger partial charge in [0.15, 0.2) is 0 Å². The van der Waals surface area contributed by atoms with E-state index in [9.17, 15) is 9.90 Å². The molecule has 6 heteroatoms. The van der Waals surface area contributed by atoms with Gasteiger partial charge in [0, 0.05) is 11.1 Å². The molecule has 0 spiro atoms. The van der Waals surface area contributed by atoms with Crippen LogP contribution < -0.4 is 15.4 Å². The highest BCUT2D eigenvalue weighted by Gasteiger charge is 2.20. The third-order valence-corrected chi connectivity index (χ3v) is 3.98. The first kappa shape index (κ1) is 16.9. The number of aliphatic hydroxyl groups excluding tert-OH is 1. The molecule has 1 aliphatic carbocycles. The minimum Gasteiger partial charge on any atom is -0.489 e. The lowest BCUT2D eigenvalue weighted by Crippen LogP contribution is -2.46. The van der Waals surface area contributed by atoms with Crippen LogP contribution in [0.1, 0.15) is 32.6 Å². The number of amides is 2. The Morgan fingerprint density at radius 2 is 1.95 bits per heavy atom. The van der Waals surface area contributed by atoms with Crippen LogP contribution in [0.3, 0.4) is 0 Å². The molecule has 3 N–H and O–H groups in total. The standard InChI is InChI=1S/C16H23ClN2O3/c1-11(22-15-8-2-12(17)3-9-15)10-18-16(21)19-13-4-6-14(20)7-5-13/h2-3,8-9,11,13-14,20H,4-7,10H2,1H3,(H2,18,19,21)/t11-,13?,14?/m1/s1. The topological polar surface area (TPSA) is 70.6 Å². The Morgan fingerprint density at radius 1 is 1.32 bits per heavy atom. The Bertz CT molecular complexity index is 473. The number of benzene rings is 1. The molecular formula is C16H23ClN2O3. The summed E-state index contributed by atoms with van der Waals surface area (Å²) in [7, 11) is 0. The van der Waals surface area contributed by atoms with Crippen molar-refractivity contribution >= 4 is 17.6 Å². The number of carbonyl (C=O) groups is 1. The Hall–Kier alpha value is -1.46. The lowest BCUT2D eigenvalue weighted by molar-refractivity contribution is 0.117. The number of aliphatic hydroxyl groups is 1. The lowest BCUT2D eigenvalue weighted by Gasteiger charge is -2.26. The van der Waals surface area contributed by atoms with Crippen LogP contribution in [0.4, 0.5) is 4.79 Å². The van der Waals surface area contributed by atoms with Crippen molar-refractivity contribution < 1.29 is 14.6 Å². The van der Waals surface area contributed by atoms with E-state index in [0.717, 1.165) is 31.4 Å². The molecule has 2 rings (SSSR count). The van der Waals surface area contributed by atoms with Crippen LogP contribution in [-0.4, -0.2) is 35.9 Å². The number of hydrogen-bond donors (Lipinski definition) is 3. The smallest absolute Gasteiger partial charge is 0.315 e. The number of nitrogens with one attached hydrogen (secondary N) is 2. The second-order valence-electron chi connectivity index (χ2n) is 5.74. The van der Waals surface area contributed by atoms with Crippen LogP contribution in [0, 0.1) is 0 Å². The zero-order chi connectivity index (χ0) is 15.9. The van der Waals surface area contributed by atoms with Crippen molar-refractivity contribution in [1.29, 1.82) is 0 Å². The average Bonchev–Trinajstić information content (AvgIpc) is 2.50. The molecule has 5 nitrogen and oxygen atoms in total. The van der Waals surface area contributed by atoms with E-state index in [-0.39, 0.29) is 24.3 Å². The first-order valence-corrected chi connectivity index (χ1v) is 8.05. The van der Waals surface area contributed by atoms with Crippen molar-refractivity contribution in [3.63, 3.8) is 0 Å². The van der Waals surface area contributed by atoms with Gasteiger partial charge in [-0.15, -0.1) is 0 Å². The summed E-state index contributed by atoms with van der Waals surface area (Å²) in [5, 5.41) is 15.8. The van der Waals surface area contributed by atoms with Crippen LogP contribution in [0.5, 0.6) is 5.75 Å². The molecule has 122 valence electrons. The Kier molecular flexibility index (Phi) is 6.34. The quantitative estimate of drug-likeness (QED) is 0.779. The van der Waals surface area contributed by atoms with E-state index in [2.05, 4.69) is 10.6 Å². The maximum absolute atomic E-state index is 11.8. The van der Waals surface area contributed by atoms with Gasteiger partial charge in [-0.1, -0.05) is 11.6 Å². The molecule has 1 aliphatic rings. The van der Waals surface area contributed by atoms with Crippen molar-refractivity contribution in [2.45, 2.75) is 50.9 Å². The van der Waals surface area contributed by atoms with Crippen LogP contribution >= 0.6 is 11.6 Å². The van der Waals surface area contributed by atoms with Gasteiger partial charge in [0.1, 0.15) is 11.9 Å². The van der Waals surface area contributed by atoms with Crippen LogP contribution in [0.25, 0.3) is 0 Å². The van der Waals surface area contributed by atoms with E-state index < -0.39 is 0 Å². The Morgan fingerprint density at radius 3 is 2.59 bits per heavy atom. The van der Waals surface area contributed by atoms with Gasteiger partial charge in [0.05, 0.1) is 12.6 Å². The molecule has 0 bridgehead atoms. The normalized spacial score (nSPS) is 22.7. The fourth-order valence-corrected chi connectivity index (χ4v) is 2.61. The molecule has 0 radical (unpaired) electrons. The fourth-order valence-electron chi connectivity index (χ4n) is 2.48. The monoisotopic (exact) mass is 326 g/mol. The van der Waals surface area contributed by atoms with Crippen molar-refractivity contribution in [2.24, 2.45) is 0 Å². The predicted molar refractivity (Wildman–Crippen MR) is 86.3 cm³/mol. The Balaban J connectivity index is 1.66. The zero-order valence-electron chi connectivity index (χ0n) is 12.7. The van der Waals surface area contributed by atoms with Gasteiger partial charge < -0.3 is 20.5 Å². The fraction of sp³-hybridized carbons (Fsp3) is 0.562. The second kappa shape index (κ2) is 8.25. The molecule has 0 aliphatic heterocycles. The van der Waals surface area contributed by atoms with Gasteiger partial charge in [0.25, 0.3) is 0 Å². The molecule has 2 amide bonds. The van der Waals surface area contributed by atoms with E-state index in [1.807, 2.05) is 6.92 Å². The summed E-state index contributed by atoms with van der Waals surface area (Å²) in [6, 6.07) is 7.09. The van der Waals surface area contributed by atoms with Gasteiger partial charge in [0.2, 0.25) is 0 Å². The predicted octanol–water partition coefficient (Wildman–Crippen LogP) is 2.71. The van der Waals surface area contributed by atoms with Crippen molar-refractivity contribution in [3.05, 3.63) is 29.3 Å². The number of carbonyl (C=O) groups excluding carboxylic acids is 1. The maximum atomic E-state index is 11.8. The third kappa shape index (κ3) is 5.73. The van der Waals surface area contributed by atoms with E-state index in [1.54, 1.807) is 24.3 Å². The summed E-state index contributed by atoms with van der Waals surface area (Å²) >= 11 is 5.82. The molecule has 0 aromatic heterocycles. The summed E-state index contributed by atoms with van der Waals surface area (Å²) in [5.41, 5.74) is 0. The highest BCUT2D eigenvalue weighted by molar-refractivity contribution is 6.30. The van der Waals surface area contributed by atoms with Crippen molar-refractivity contribution in [2.75, 3.05) is 6.54 Å². The summed E-state index contributed by atoms with van der Waals surface area (Å²) < 4.78 is 5.69. The molecule has 0 unspecified atom stereocenters. The minimum absolute atomic E-state index is 0.139. The summed E-state index contributed by atoms with van der Waals surface area (Å²) in [4.78, 5) is 11.8. The maximum Gasteiger partial charge on any atom is 0.315 e. The lowest BCUT2D eigenvalue weighted by atomic mass is 9.93. The summed E-state index contributed by atoms with van der Waals surface area (Å²) in [6.45, 7) is 2.32. The highest BCUT2D eigenvalue weighted by atomic mass is 35.5. The number of ether oxygens (including phenoxy) is 1. The molecule has 0 heterocycles. The van der Waals surface area contributed by atoms with Crippen LogP contribution in [0.15, 0.2) is 24.3 Å². The van der Waals surface area contributed by atoms with E-state index >= 15 is 0 Å². The highest BCUT2D eigenvalue weighted by Crippen LogP contribution is 2.18. The minimum atomic E-state index is -0.214. The molecule has 1 saturated carbocycles. The van der Waals surface area contributed by atoms with Gasteiger partial charge >= 0.3 is 6.03 Å². The van der Waals surface area contributed by atoms with Gasteiger partial charge in [-0.05, 0) is 56.9 Å². The van der Waals surface area contributed by atoms with E-state index in [1.165, 1.54) is 0 Å². The van der Waals surface area contributed by atoms with Crippen LogP contribution in [-0.2, 0) is 0 Å². The van der Waals surface area contributed by atoms with Crippen molar-refractivity contribution in [1.82, 2.24) is 10.6 Å². The SMILES string of the molecule is C[C@H](CNC(=O)NC1CCC(O)CC1)Oc1ccc(Cl)cc1. The van der Waals surface area contributed by atoms with Gasteiger partial charge in [-0.25, -0.2) is 4.79 Å². The average molecular weight is 327 g/mol. The number of halogens is 1. The summed E-state index contributed by atoms with van der Waals surface area (Å²) in [6.07, 6.45) is 2.80. The Labute approximate surface area is 136 Å². The molecule has 0 saturated heterocycles. The molecule has 22 heavy (non-hydrogen) atoms. The first-order chi connectivity index (χ1) is 10.5. The zero-order valence-corrected chi connectivity index (χ0v) is 13.5.